The lowest BCUT2D eigenvalue weighted by atomic mass is 10.1. The van der Waals surface area contributed by atoms with E-state index in [0.29, 0.717) is 5.82 Å². The van der Waals surface area contributed by atoms with E-state index in [4.69, 9.17) is 5.11 Å². The highest BCUT2D eigenvalue weighted by molar-refractivity contribution is 5.93. The fraction of sp³-hybridized carbons (Fsp3) is 0.500. The average Bonchev–Trinajstić information content (AvgIpc) is 2.25. The second kappa shape index (κ2) is 5.63. The maximum absolute atomic E-state index is 11.0. The van der Waals surface area contributed by atoms with E-state index in [0.717, 1.165) is 5.69 Å². The van der Waals surface area contributed by atoms with Crippen LogP contribution in [0.25, 0.3) is 0 Å². The summed E-state index contributed by atoms with van der Waals surface area (Å²) in [5.41, 5.74) is 0.854. The maximum Gasteiger partial charge on any atom is 0.339 e. The molecule has 1 heterocycles. The van der Waals surface area contributed by atoms with E-state index in [1.807, 2.05) is 13.8 Å². The quantitative estimate of drug-likeness (QED) is 0.724. The van der Waals surface area contributed by atoms with Crippen molar-refractivity contribution in [1.29, 1.82) is 0 Å². The van der Waals surface area contributed by atoms with Crippen LogP contribution in [0.15, 0.2) is 12.1 Å². The minimum absolute atomic E-state index is 0.0631. The van der Waals surface area contributed by atoms with Crippen molar-refractivity contribution in [2.24, 2.45) is 5.92 Å². The second-order valence-corrected chi connectivity index (χ2v) is 4.33. The molecule has 0 aliphatic rings. The summed E-state index contributed by atoms with van der Waals surface area (Å²) < 4.78 is 0. The molecule has 0 fully saturated rings. The van der Waals surface area contributed by atoms with Gasteiger partial charge in [0.25, 0.3) is 0 Å². The zero-order valence-corrected chi connectivity index (χ0v) is 10.3. The number of aryl methyl sites for hydroxylation is 1. The van der Waals surface area contributed by atoms with Crippen molar-refractivity contribution < 1.29 is 15.0 Å². The van der Waals surface area contributed by atoms with Crippen molar-refractivity contribution in [2.45, 2.75) is 26.8 Å². The molecule has 5 heteroatoms. The predicted molar refractivity (Wildman–Crippen MR) is 65.3 cm³/mol. The van der Waals surface area contributed by atoms with Gasteiger partial charge in [0.1, 0.15) is 11.4 Å². The molecule has 0 saturated heterocycles. The first-order valence-corrected chi connectivity index (χ1v) is 5.54. The molecular formula is C12H18N2O3. The largest absolute Gasteiger partial charge is 0.478 e. The van der Waals surface area contributed by atoms with Gasteiger partial charge in [-0.1, -0.05) is 13.8 Å². The first-order valence-electron chi connectivity index (χ1n) is 5.54. The fourth-order valence-corrected chi connectivity index (χ4v) is 1.44. The van der Waals surface area contributed by atoms with Gasteiger partial charge in [0.05, 0.1) is 12.6 Å². The molecule has 5 nitrogen and oxygen atoms in total. The molecule has 0 spiro atoms. The Labute approximate surface area is 101 Å². The van der Waals surface area contributed by atoms with E-state index < -0.39 is 5.97 Å². The van der Waals surface area contributed by atoms with Gasteiger partial charge in [-0.15, -0.1) is 0 Å². The fourth-order valence-electron chi connectivity index (χ4n) is 1.44. The first kappa shape index (κ1) is 13.4. The van der Waals surface area contributed by atoms with Gasteiger partial charge >= 0.3 is 5.97 Å². The van der Waals surface area contributed by atoms with Crippen molar-refractivity contribution in [2.75, 3.05) is 11.9 Å². The Balaban J connectivity index is 3.03. The number of hydrogen-bond acceptors (Lipinski definition) is 4. The number of nitrogens with zero attached hydrogens (tertiary/aromatic N) is 1. The van der Waals surface area contributed by atoms with Gasteiger partial charge in [-0.2, -0.15) is 0 Å². The van der Waals surface area contributed by atoms with Crippen LogP contribution in [0.4, 0.5) is 5.82 Å². The smallest absolute Gasteiger partial charge is 0.339 e. The number of aromatic nitrogens is 1. The molecule has 1 unspecified atom stereocenters. The van der Waals surface area contributed by atoms with E-state index in [9.17, 15) is 9.90 Å². The Morgan fingerprint density at radius 3 is 2.59 bits per heavy atom. The zero-order chi connectivity index (χ0) is 13.0. The van der Waals surface area contributed by atoms with Gasteiger partial charge in [0, 0.05) is 5.69 Å². The molecule has 94 valence electrons. The standard InChI is InChI=1S/C12H18N2O3/c1-7(2)10(6-15)14-11-9(12(16)17)5-4-8(3)13-11/h4-5,7,10,15H,6H2,1-3H3,(H,13,14)(H,16,17). The summed E-state index contributed by atoms with van der Waals surface area (Å²) in [6.07, 6.45) is 0. The molecule has 1 aromatic rings. The molecule has 0 amide bonds. The normalized spacial score (nSPS) is 12.5. The summed E-state index contributed by atoms with van der Waals surface area (Å²) in [4.78, 5) is 15.2. The molecular weight excluding hydrogens is 220 g/mol. The Morgan fingerprint density at radius 1 is 1.47 bits per heavy atom. The van der Waals surface area contributed by atoms with Gasteiger partial charge in [-0.25, -0.2) is 9.78 Å². The van der Waals surface area contributed by atoms with E-state index in [1.54, 1.807) is 13.0 Å². The SMILES string of the molecule is Cc1ccc(C(=O)O)c(NC(CO)C(C)C)n1. The molecule has 1 rings (SSSR count). The van der Waals surface area contributed by atoms with Gasteiger partial charge in [-0.05, 0) is 25.0 Å². The number of aromatic carboxylic acids is 1. The Morgan fingerprint density at radius 2 is 2.12 bits per heavy atom. The van der Waals surface area contributed by atoms with Crippen LogP contribution in [-0.4, -0.2) is 33.8 Å². The number of anilines is 1. The number of carbonyl (C=O) groups is 1. The van der Waals surface area contributed by atoms with E-state index in [1.165, 1.54) is 6.07 Å². The molecule has 0 saturated carbocycles. The number of carboxylic acid groups (broad SMARTS) is 1. The first-order chi connectivity index (χ1) is 7.95. The van der Waals surface area contributed by atoms with Crippen molar-refractivity contribution in [3.8, 4) is 0 Å². The molecule has 0 aliphatic heterocycles. The Hall–Kier alpha value is -1.62. The molecule has 1 atom stereocenters. The van der Waals surface area contributed by atoms with Crippen LogP contribution >= 0.6 is 0 Å². The molecule has 17 heavy (non-hydrogen) atoms. The molecule has 0 bridgehead atoms. The van der Waals surface area contributed by atoms with Crippen molar-refractivity contribution in [3.05, 3.63) is 23.4 Å². The van der Waals surface area contributed by atoms with E-state index >= 15 is 0 Å². The van der Waals surface area contributed by atoms with Crippen LogP contribution in [0.1, 0.15) is 29.9 Å². The third kappa shape index (κ3) is 3.42. The number of pyridine rings is 1. The minimum Gasteiger partial charge on any atom is -0.478 e. The highest BCUT2D eigenvalue weighted by Crippen LogP contribution is 2.16. The molecule has 0 aromatic carbocycles. The Kier molecular flexibility index (Phi) is 4.45. The number of hydrogen-bond donors (Lipinski definition) is 3. The Bertz CT molecular complexity index is 405. The monoisotopic (exact) mass is 238 g/mol. The average molecular weight is 238 g/mol. The van der Waals surface area contributed by atoms with Crippen LogP contribution in [0.5, 0.6) is 0 Å². The maximum atomic E-state index is 11.0. The number of aliphatic hydroxyl groups excluding tert-OH is 1. The van der Waals surface area contributed by atoms with Gasteiger partial charge in [0.15, 0.2) is 0 Å². The highest BCUT2D eigenvalue weighted by atomic mass is 16.4. The van der Waals surface area contributed by atoms with E-state index in [-0.39, 0.29) is 24.1 Å². The topological polar surface area (TPSA) is 82.5 Å². The summed E-state index contributed by atoms with van der Waals surface area (Å²) in [5, 5.41) is 21.2. The summed E-state index contributed by atoms with van der Waals surface area (Å²) in [7, 11) is 0. The lowest BCUT2D eigenvalue weighted by Crippen LogP contribution is -2.30. The van der Waals surface area contributed by atoms with Crippen molar-refractivity contribution in [1.82, 2.24) is 4.98 Å². The third-order valence-electron chi connectivity index (χ3n) is 2.59. The zero-order valence-electron chi connectivity index (χ0n) is 10.3. The number of nitrogens with one attached hydrogen (secondary N) is 1. The number of aliphatic hydroxyl groups is 1. The van der Waals surface area contributed by atoms with Crippen LogP contribution in [0.3, 0.4) is 0 Å². The lowest BCUT2D eigenvalue weighted by molar-refractivity contribution is 0.0697. The van der Waals surface area contributed by atoms with Crippen LogP contribution in [0.2, 0.25) is 0 Å². The summed E-state index contributed by atoms with van der Waals surface area (Å²) >= 11 is 0. The number of rotatable bonds is 5. The van der Waals surface area contributed by atoms with Gasteiger partial charge < -0.3 is 15.5 Å². The van der Waals surface area contributed by atoms with Crippen molar-refractivity contribution in [3.63, 3.8) is 0 Å². The second-order valence-electron chi connectivity index (χ2n) is 4.33. The van der Waals surface area contributed by atoms with Gasteiger partial charge in [-0.3, -0.25) is 0 Å². The summed E-state index contributed by atoms with van der Waals surface area (Å²) in [6, 6.07) is 2.96. The third-order valence-corrected chi connectivity index (χ3v) is 2.59. The lowest BCUT2D eigenvalue weighted by Gasteiger charge is -2.21. The van der Waals surface area contributed by atoms with Crippen molar-refractivity contribution >= 4 is 11.8 Å². The van der Waals surface area contributed by atoms with E-state index in [2.05, 4.69) is 10.3 Å². The van der Waals surface area contributed by atoms with Crippen LogP contribution in [0, 0.1) is 12.8 Å². The molecule has 0 radical (unpaired) electrons. The summed E-state index contributed by atoms with van der Waals surface area (Å²) in [6.45, 7) is 5.63. The summed E-state index contributed by atoms with van der Waals surface area (Å²) in [5.74, 6) is -0.533. The van der Waals surface area contributed by atoms with Crippen LogP contribution < -0.4 is 5.32 Å². The molecule has 0 aliphatic carbocycles. The molecule has 3 N–H and O–H groups in total. The highest BCUT2D eigenvalue weighted by Gasteiger charge is 2.17. The van der Waals surface area contributed by atoms with Crippen LogP contribution in [-0.2, 0) is 0 Å². The predicted octanol–water partition coefficient (Wildman–Crippen LogP) is 1.52. The number of carboxylic acids is 1. The molecule has 1 aromatic heterocycles. The van der Waals surface area contributed by atoms with Gasteiger partial charge in [0.2, 0.25) is 0 Å². The minimum atomic E-state index is -1.03.